The van der Waals surface area contributed by atoms with Gasteiger partial charge in [-0.25, -0.2) is 13.1 Å². The Morgan fingerprint density at radius 3 is 2.50 bits per heavy atom. The second-order valence-corrected chi connectivity index (χ2v) is 5.99. The predicted octanol–water partition coefficient (Wildman–Crippen LogP) is 2.09. The van der Waals surface area contributed by atoms with E-state index in [0.717, 1.165) is 0 Å². The lowest BCUT2D eigenvalue weighted by molar-refractivity contribution is 0.0996. The van der Waals surface area contributed by atoms with Crippen LogP contribution < -0.4 is 10.0 Å². The third-order valence-electron chi connectivity index (χ3n) is 2.49. The summed E-state index contributed by atoms with van der Waals surface area (Å²) in [6, 6.07) is 8.85. The largest absolute Gasteiger partial charge is 0.440 e. The van der Waals surface area contributed by atoms with Gasteiger partial charge in [-0.1, -0.05) is 12.1 Å². The number of para-hydroxylation sites is 1. The Bertz CT molecular complexity index is 739. The van der Waals surface area contributed by atoms with Crippen LogP contribution in [0.25, 0.3) is 0 Å². The minimum atomic E-state index is -3.67. The lowest BCUT2D eigenvalue weighted by atomic mass is 10.3. The molecule has 8 heteroatoms. The van der Waals surface area contributed by atoms with Crippen LogP contribution >= 0.6 is 11.6 Å². The number of halogens is 1. The van der Waals surface area contributed by atoms with Crippen molar-refractivity contribution in [3.63, 3.8) is 0 Å². The van der Waals surface area contributed by atoms with E-state index in [1.54, 1.807) is 12.1 Å². The minimum absolute atomic E-state index is 0.00772. The zero-order valence-corrected chi connectivity index (χ0v) is 12.0. The molecule has 0 bridgehead atoms. The Labute approximate surface area is 120 Å². The molecule has 0 aliphatic heterocycles. The minimum Gasteiger partial charge on any atom is -0.440 e. The summed E-state index contributed by atoms with van der Waals surface area (Å²) in [5.41, 5.74) is 0.152. The number of carbonyl (C=O) groups excluding carboxylic acids is 1. The number of hydrogen-bond donors (Lipinski definition) is 2. The van der Waals surface area contributed by atoms with Crippen molar-refractivity contribution in [3.05, 3.63) is 47.4 Å². The third kappa shape index (κ3) is 3.01. The van der Waals surface area contributed by atoms with Crippen molar-refractivity contribution in [2.24, 2.45) is 0 Å². The molecule has 0 aliphatic carbocycles. The summed E-state index contributed by atoms with van der Waals surface area (Å²) in [4.78, 5) is 11.9. The maximum atomic E-state index is 11.9. The van der Waals surface area contributed by atoms with Crippen molar-refractivity contribution in [1.82, 2.24) is 4.72 Å². The second-order valence-electron chi connectivity index (χ2n) is 3.76. The first-order valence-corrected chi connectivity index (χ1v) is 7.39. The number of nitrogens with one attached hydrogen (secondary N) is 2. The first kappa shape index (κ1) is 14.6. The van der Waals surface area contributed by atoms with Crippen LogP contribution in [0.15, 0.2) is 45.7 Å². The third-order valence-corrected chi connectivity index (χ3v) is 4.17. The molecule has 1 aromatic heterocycles. The standard InChI is InChI=1S/C12H11ClN2O4S/c1-14-20(17,18)10-5-3-2-4-8(10)15-12(16)9-6-7-11(13)19-9/h2-7,14H,1H3,(H,15,16). The van der Waals surface area contributed by atoms with Gasteiger partial charge in [0.25, 0.3) is 5.91 Å². The molecule has 0 radical (unpaired) electrons. The van der Waals surface area contributed by atoms with Crippen molar-refractivity contribution >= 4 is 33.2 Å². The first-order chi connectivity index (χ1) is 9.44. The van der Waals surface area contributed by atoms with Crippen molar-refractivity contribution in [1.29, 1.82) is 0 Å². The molecule has 0 atom stereocenters. The Hall–Kier alpha value is -1.83. The highest BCUT2D eigenvalue weighted by Crippen LogP contribution is 2.22. The number of furan rings is 1. The van der Waals surface area contributed by atoms with E-state index in [0.29, 0.717) is 0 Å². The van der Waals surface area contributed by atoms with Crippen molar-refractivity contribution in [2.75, 3.05) is 12.4 Å². The molecule has 106 valence electrons. The summed E-state index contributed by atoms with van der Waals surface area (Å²) in [6.45, 7) is 0. The van der Waals surface area contributed by atoms with Gasteiger partial charge in [-0.05, 0) is 42.9 Å². The summed E-state index contributed by atoms with van der Waals surface area (Å²) >= 11 is 5.58. The molecule has 2 aromatic rings. The van der Waals surface area contributed by atoms with Crippen molar-refractivity contribution in [2.45, 2.75) is 4.90 Å². The van der Waals surface area contributed by atoms with Gasteiger partial charge in [-0.2, -0.15) is 0 Å². The average molecular weight is 315 g/mol. The van der Waals surface area contributed by atoms with Crippen LogP contribution in [0.4, 0.5) is 5.69 Å². The SMILES string of the molecule is CNS(=O)(=O)c1ccccc1NC(=O)c1ccc(Cl)o1. The van der Waals surface area contributed by atoms with E-state index < -0.39 is 15.9 Å². The van der Waals surface area contributed by atoms with Crippen LogP contribution in [0.2, 0.25) is 5.22 Å². The van der Waals surface area contributed by atoms with Gasteiger partial charge >= 0.3 is 0 Å². The van der Waals surface area contributed by atoms with Crippen LogP contribution in [0.1, 0.15) is 10.6 Å². The Morgan fingerprint density at radius 1 is 1.20 bits per heavy atom. The number of carbonyl (C=O) groups is 1. The molecule has 0 unspecified atom stereocenters. The van der Waals surface area contributed by atoms with Crippen LogP contribution in [-0.4, -0.2) is 21.4 Å². The predicted molar refractivity (Wildman–Crippen MR) is 74.4 cm³/mol. The monoisotopic (exact) mass is 314 g/mol. The fraction of sp³-hybridized carbons (Fsp3) is 0.0833. The van der Waals surface area contributed by atoms with Crippen molar-refractivity contribution < 1.29 is 17.6 Å². The molecular formula is C12H11ClN2O4S. The summed E-state index contributed by atoms with van der Waals surface area (Å²) in [5, 5.41) is 2.55. The number of hydrogen-bond acceptors (Lipinski definition) is 4. The van der Waals surface area contributed by atoms with Gasteiger partial charge in [0, 0.05) is 0 Å². The van der Waals surface area contributed by atoms with Crippen LogP contribution in [-0.2, 0) is 10.0 Å². The van der Waals surface area contributed by atoms with Gasteiger partial charge in [-0.15, -0.1) is 0 Å². The number of benzene rings is 1. The molecule has 2 N–H and O–H groups in total. The fourth-order valence-electron chi connectivity index (χ4n) is 1.53. The fourth-order valence-corrected chi connectivity index (χ4v) is 2.57. The molecule has 0 saturated carbocycles. The molecule has 6 nitrogen and oxygen atoms in total. The number of sulfonamides is 1. The van der Waals surface area contributed by atoms with E-state index in [2.05, 4.69) is 10.0 Å². The molecular weight excluding hydrogens is 304 g/mol. The summed E-state index contributed by atoms with van der Waals surface area (Å²) in [7, 11) is -2.38. The first-order valence-electron chi connectivity index (χ1n) is 5.53. The maximum absolute atomic E-state index is 11.9. The zero-order chi connectivity index (χ0) is 14.8. The van der Waals surface area contributed by atoms with E-state index in [-0.39, 0.29) is 21.6 Å². The highest BCUT2D eigenvalue weighted by molar-refractivity contribution is 7.89. The Morgan fingerprint density at radius 2 is 1.90 bits per heavy atom. The van der Waals surface area contributed by atoms with Gasteiger partial charge in [0.15, 0.2) is 11.0 Å². The summed E-state index contributed by atoms with van der Waals surface area (Å²) in [5.74, 6) is -0.595. The van der Waals surface area contributed by atoms with E-state index >= 15 is 0 Å². The van der Waals surface area contributed by atoms with Gasteiger partial charge in [0.05, 0.1) is 5.69 Å². The van der Waals surface area contributed by atoms with Gasteiger partial charge in [-0.3, -0.25) is 4.79 Å². The highest BCUT2D eigenvalue weighted by Gasteiger charge is 2.19. The molecule has 0 aliphatic rings. The second kappa shape index (κ2) is 5.66. The zero-order valence-electron chi connectivity index (χ0n) is 10.4. The molecule has 2 rings (SSSR count). The molecule has 1 aromatic carbocycles. The van der Waals surface area contributed by atoms with Gasteiger partial charge in [0.1, 0.15) is 4.90 Å². The van der Waals surface area contributed by atoms with Crippen LogP contribution in [0, 0.1) is 0 Å². The molecule has 0 fully saturated rings. The highest BCUT2D eigenvalue weighted by atomic mass is 35.5. The molecule has 20 heavy (non-hydrogen) atoms. The maximum Gasteiger partial charge on any atom is 0.291 e. The molecule has 0 saturated heterocycles. The lowest BCUT2D eigenvalue weighted by Crippen LogP contribution is -2.21. The van der Waals surface area contributed by atoms with Crippen LogP contribution in [0.5, 0.6) is 0 Å². The average Bonchev–Trinajstić information content (AvgIpc) is 2.86. The van der Waals surface area contributed by atoms with E-state index in [4.69, 9.17) is 16.0 Å². The smallest absolute Gasteiger partial charge is 0.291 e. The quantitative estimate of drug-likeness (QED) is 0.904. The Kier molecular flexibility index (Phi) is 4.12. The molecule has 1 amide bonds. The lowest BCUT2D eigenvalue weighted by Gasteiger charge is -2.09. The summed E-state index contributed by atoms with van der Waals surface area (Å²) < 4.78 is 30.8. The van der Waals surface area contributed by atoms with Crippen LogP contribution in [0.3, 0.4) is 0 Å². The van der Waals surface area contributed by atoms with Gasteiger partial charge < -0.3 is 9.73 Å². The van der Waals surface area contributed by atoms with E-state index in [1.807, 2.05) is 0 Å². The number of rotatable bonds is 4. The number of amides is 1. The molecule has 1 heterocycles. The number of anilines is 1. The van der Waals surface area contributed by atoms with E-state index in [1.165, 1.54) is 31.3 Å². The normalized spacial score (nSPS) is 11.3. The topological polar surface area (TPSA) is 88.4 Å². The van der Waals surface area contributed by atoms with Gasteiger partial charge in [0.2, 0.25) is 10.0 Å². The van der Waals surface area contributed by atoms with E-state index in [9.17, 15) is 13.2 Å². The molecule has 0 spiro atoms. The Balaban J connectivity index is 2.33. The van der Waals surface area contributed by atoms with Crippen molar-refractivity contribution in [3.8, 4) is 0 Å². The summed E-state index contributed by atoms with van der Waals surface area (Å²) in [6.07, 6.45) is 0.